The van der Waals surface area contributed by atoms with Gasteiger partial charge in [-0.3, -0.25) is 19.8 Å². The Morgan fingerprint density at radius 3 is 2.58 bits per heavy atom. The Morgan fingerprint density at radius 1 is 1.29 bits per heavy atom. The van der Waals surface area contributed by atoms with Crippen molar-refractivity contribution in [2.75, 3.05) is 6.54 Å². The Kier molecular flexibility index (Phi) is 4.50. The number of carbonyl (C=O) groups is 1. The van der Waals surface area contributed by atoms with E-state index in [2.05, 4.69) is 0 Å². The zero-order valence-electron chi connectivity index (χ0n) is 12.6. The highest BCUT2D eigenvalue weighted by Gasteiger charge is 2.30. The van der Waals surface area contributed by atoms with E-state index >= 15 is 0 Å². The second kappa shape index (κ2) is 6.58. The van der Waals surface area contributed by atoms with Gasteiger partial charge < -0.3 is 4.42 Å². The molecular weight excluding hydrogens is 348 g/mol. The van der Waals surface area contributed by atoms with Gasteiger partial charge in [-0.05, 0) is 31.2 Å². The zero-order chi connectivity index (χ0) is 17.3. The van der Waals surface area contributed by atoms with Crippen LogP contribution in [0.25, 0.3) is 17.4 Å². The summed E-state index contributed by atoms with van der Waals surface area (Å²) in [6.45, 7) is 2.40. The minimum absolute atomic E-state index is 0.0220. The van der Waals surface area contributed by atoms with Crippen molar-refractivity contribution in [2.24, 2.45) is 0 Å². The summed E-state index contributed by atoms with van der Waals surface area (Å²) in [4.78, 5) is 24.5. The van der Waals surface area contributed by atoms with E-state index in [-0.39, 0.29) is 11.6 Å². The first-order chi connectivity index (χ1) is 11.5. The maximum absolute atomic E-state index is 12.2. The summed E-state index contributed by atoms with van der Waals surface area (Å²) in [5.41, 5.74) is 0.745. The molecule has 0 saturated carbocycles. The molecule has 8 heteroatoms. The second-order valence-electron chi connectivity index (χ2n) is 4.93. The number of likely N-dealkylation sites (N-methyl/N-ethyl adjacent to an activating group) is 1. The third-order valence-corrected chi connectivity index (χ3v) is 4.83. The van der Waals surface area contributed by atoms with Crippen molar-refractivity contribution in [1.29, 1.82) is 0 Å². The van der Waals surface area contributed by atoms with Crippen molar-refractivity contribution in [3.63, 3.8) is 0 Å². The molecule has 2 heterocycles. The van der Waals surface area contributed by atoms with Crippen molar-refractivity contribution in [1.82, 2.24) is 4.90 Å². The first-order valence-corrected chi connectivity index (χ1v) is 8.32. The molecule has 2 aromatic rings. The minimum Gasteiger partial charge on any atom is -0.457 e. The highest BCUT2D eigenvalue weighted by Crippen LogP contribution is 2.33. The van der Waals surface area contributed by atoms with E-state index in [1.165, 1.54) is 28.8 Å². The normalized spacial score (nSPS) is 16.2. The Balaban J connectivity index is 1.83. The first kappa shape index (κ1) is 16.4. The average molecular weight is 360 g/mol. The molecule has 1 aliphatic rings. The monoisotopic (exact) mass is 360 g/mol. The van der Waals surface area contributed by atoms with Gasteiger partial charge in [0.1, 0.15) is 15.8 Å². The van der Waals surface area contributed by atoms with Gasteiger partial charge in [0, 0.05) is 30.3 Å². The lowest BCUT2D eigenvalue weighted by molar-refractivity contribution is -0.384. The summed E-state index contributed by atoms with van der Waals surface area (Å²) in [5, 5.41) is 10.7. The van der Waals surface area contributed by atoms with Crippen LogP contribution in [0.3, 0.4) is 0 Å². The average Bonchev–Trinajstić information content (AvgIpc) is 3.13. The number of thiocarbonyl (C=S) groups is 1. The summed E-state index contributed by atoms with van der Waals surface area (Å²) >= 11 is 6.41. The highest BCUT2D eigenvalue weighted by atomic mass is 32.2. The first-order valence-electron chi connectivity index (χ1n) is 7.09. The molecule has 0 unspecified atom stereocenters. The van der Waals surface area contributed by atoms with Gasteiger partial charge in [-0.25, -0.2) is 0 Å². The Hall–Kier alpha value is -2.45. The number of benzene rings is 1. The molecule has 3 rings (SSSR count). The van der Waals surface area contributed by atoms with E-state index in [1.54, 1.807) is 30.3 Å². The lowest BCUT2D eigenvalue weighted by atomic mass is 10.1. The lowest BCUT2D eigenvalue weighted by Gasteiger charge is -2.09. The Morgan fingerprint density at radius 2 is 2.00 bits per heavy atom. The van der Waals surface area contributed by atoms with E-state index in [0.29, 0.717) is 27.3 Å². The topological polar surface area (TPSA) is 76.6 Å². The van der Waals surface area contributed by atoms with Gasteiger partial charge in [-0.15, -0.1) is 0 Å². The molecule has 0 aliphatic carbocycles. The number of non-ortho nitro benzene ring substituents is 1. The number of furan rings is 1. The zero-order valence-corrected chi connectivity index (χ0v) is 14.2. The van der Waals surface area contributed by atoms with Crippen LogP contribution in [0.4, 0.5) is 5.69 Å². The molecule has 6 nitrogen and oxygen atoms in total. The van der Waals surface area contributed by atoms with Gasteiger partial charge in [0.15, 0.2) is 0 Å². The number of rotatable bonds is 4. The van der Waals surface area contributed by atoms with Crippen molar-refractivity contribution in [3.05, 3.63) is 57.2 Å². The molecule has 24 heavy (non-hydrogen) atoms. The standard InChI is InChI=1S/C16H12N2O4S2/c1-2-17-15(19)14(24-16(17)23)9-12-7-8-13(22-12)10-3-5-11(6-4-10)18(20)21/h3-9H,2H2,1H3. The third kappa shape index (κ3) is 3.10. The lowest BCUT2D eigenvalue weighted by Crippen LogP contribution is -2.27. The summed E-state index contributed by atoms with van der Waals surface area (Å²) in [6, 6.07) is 9.59. The summed E-state index contributed by atoms with van der Waals surface area (Å²) in [5.74, 6) is 0.975. The van der Waals surface area contributed by atoms with Gasteiger partial charge in [-0.2, -0.15) is 0 Å². The van der Waals surface area contributed by atoms with Gasteiger partial charge in [-0.1, -0.05) is 24.0 Å². The third-order valence-electron chi connectivity index (χ3n) is 3.45. The van der Waals surface area contributed by atoms with Crippen LogP contribution in [-0.4, -0.2) is 26.6 Å². The number of nitro benzene ring substituents is 1. The Labute approximate surface area is 147 Å². The SMILES string of the molecule is CCN1C(=O)C(=Cc2ccc(-c3ccc([N+](=O)[O-])cc3)o2)SC1=S. The second-order valence-corrected chi connectivity index (χ2v) is 6.61. The van der Waals surface area contributed by atoms with E-state index in [4.69, 9.17) is 16.6 Å². The van der Waals surface area contributed by atoms with Gasteiger partial charge >= 0.3 is 0 Å². The molecule has 0 bridgehead atoms. The molecule has 1 aliphatic heterocycles. The summed E-state index contributed by atoms with van der Waals surface area (Å²) in [6.07, 6.45) is 1.66. The van der Waals surface area contributed by atoms with E-state index in [9.17, 15) is 14.9 Å². The molecule has 0 atom stereocenters. The van der Waals surface area contributed by atoms with Crippen LogP contribution >= 0.6 is 24.0 Å². The number of carbonyl (C=O) groups excluding carboxylic acids is 1. The molecule has 0 N–H and O–H groups in total. The number of nitro groups is 1. The number of amides is 1. The van der Waals surface area contributed by atoms with Crippen LogP contribution < -0.4 is 0 Å². The molecule has 1 fully saturated rings. The predicted molar refractivity (Wildman–Crippen MR) is 96.4 cm³/mol. The smallest absolute Gasteiger partial charge is 0.269 e. The van der Waals surface area contributed by atoms with Crippen LogP contribution in [0.5, 0.6) is 0 Å². The minimum atomic E-state index is -0.451. The van der Waals surface area contributed by atoms with Crippen LogP contribution in [0.2, 0.25) is 0 Å². The van der Waals surface area contributed by atoms with Crippen LogP contribution in [0.15, 0.2) is 45.7 Å². The molecule has 1 aromatic heterocycles. The fourth-order valence-electron chi connectivity index (χ4n) is 2.23. The Bertz CT molecular complexity index is 855. The van der Waals surface area contributed by atoms with Gasteiger partial charge in [0.05, 0.1) is 9.83 Å². The van der Waals surface area contributed by atoms with E-state index in [0.717, 1.165) is 5.56 Å². The van der Waals surface area contributed by atoms with Crippen molar-refractivity contribution < 1.29 is 14.1 Å². The van der Waals surface area contributed by atoms with Gasteiger partial charge in [0.25, 0.3) is 11.6 Å². The number of hydrogen-bond donors (Lipinski definition) is 0. The number of thioether (sulfide) groups is 1. The molecule has 1 aromatic carbocycles. The maximum Gasteiger partial charge on any atom is 0.269 e. The van der Waals surface area contributed by atoms with Gasteiger partial charge in [0.2, 0.25) is 0 Å². The highest BCUT2D eigenvalue weighted by molar-refractivity contribution is 8.26. The van der Waals surface area contributed by atoms with Crippen LogP contribution in [-0.2, 0) is 4.79 Å². The molecular formula is C16H12N2O4S2. The van der Waals surface area contributed by atoms with E-state index < -0.39 is 4.92 Å². The van der Waals surface area contributed by atoms with Crippen LogP contribution in [0, 0.1) is 10.1 Å². The molecule has 1 saturated heterocycles. The quantitative estimate of drug-likeness (QED) is 0.354. The predicted octanol–water partition coefficient (Wildman–Crippen LogP) is 4.08. The molecule has 0 radical (unpaired) electrons. The molecule has 122 valence electrons. The molecule has 1 amide bonds. The number of nitrogens with zero attached hydrogens (tertiary/aromatic N) is 2. The molecule has 0 spiro atoms. The fraction of sp³-hybridized carbons (Fsp3) is 0.125. The van der Waals surface area contributed by atoms with Crippen LogP contribution in [0.1, 0.15) is 12.7 Å². The largest absolute Gasteiger partial charge is 0.457 e. The fourth-order valence-corrected chi connectivity index (χ4v) is 3.60. The van der Waals surface area contributed by atoms with E-state index in [1.807, 2.05) is 6.92 Å². The number of hydrogen-bond acceptors (Lipinski definition) is 6. The van der Waals surface area contributed by atoms with Crippen molar-refractivity contribution in [3.8, 4) is 11.3 Å². The van der Waals surface area contributed by atoms with Crippen molar-refractivity contribution >= 4 is 46.0 Å². The summed E-state index contributed by atoms with van der Waals surface area (Å²) < 4.78 is 6.25. The maximum atomic E-state index is 12.2. The van der Waals surface area contributed by atoms with Crippen molar-refractivity contribution in [2.45, 2.75) is 6.92 Å². The summed E-state index contributed by atoms with van der Waals surface area (Å²) in [7, 11) is 0.